The largest absolute Gasteiger partial charge is 0.300 e. The molecule has 0 radical (unpaired) electrons. The number of Topliss-reactive ketones (excluding diaryl/α,β-unsaturated/α-hetero) is 1. The van der Waals surface area contributed by atoms with Crippen molar-refractivity contribution in [2.24, 2.45) is 0 Å². The lowest BCUT2D eigenvalue weighted by molar-refractivity contribution is -0.116. The van der Waals surface area contributed by atoms with Crippen LogP contribution in [0.1, 0.15) is 18.1 Å². The highest BCUT2D eigenvalue weighted by molar-refractivity contribution is 5.78. The number of carbonyl (C=O) groups is 1. The maximum absolute atomic E-state index is 10.7. The zero-order valence-electron chi connectivity index (χ0n) is 6.87. The van der Waals surface area contributed by atoms with Gasteiger partial charge in [-0.25, -0.2) is 0 Å². The molecule has 0 heterocycles. The average molecular weight is 159 g/mol. The first-order valence-electron chi connectivity index (χ1n) is 3.71. The highest BCUT2D eigenvalue weighted by atomic mass is 16.1. The van der Waals surface area contributed by atoms with Crippen LogP contribution in [0.15, 0.2) is 24.3 Å². The van der Waals surface area contributed by atoms with Crippen molar-refractivity contribution in [1.29, 1.82) is 5.26 Å². The zero-order chi connectivity index (χ0) is 8.97. The third kappa shape index (κ3) is 2.21. The Bertz CT molecular complexity index is 319. The first-order chi connectivity index (χ1) is 5.72. The van der Waals surface area contributed by atoms with Gasteiger partial charge in [-0.3, -0.25) is 4.79 Å². The second-order valence-electron chi connectivity index (χ2n) is 2.69. The predicted octanol–water partition coefficient (Wildman–Crippen LogP) is 1.69. The van der Waals surface area contributed by atoms with Gasteiger partial charge in [0, 0.05) is 6.42 Å². The Balaban J connectivity index is 2.80. The molecule has 0 amide bonds. The molecule has 0 saturated carbocycles. The van der Waals surface area contributed by atoms with Gasteiger partial charge in [-0.15, -0.1) is 0 Å². The Hall–Kier alpha value is -1.62. The zero-order valence-corrected chi connectivity index (χ0v) is 6.87. The van der Waals surface area contributed by atoms with Crippen LogP contribution < -0.4 is 0 Å². The second kappa shape index (κ2) is 3.68. The van der Waals surface area contributed by atoms with Crippen molar-refractivity contribution >= 4 is 5.78 Å². The summed E-state index contributed by atoms with van der Waals surface area (Å²) in [6, 6.07) is 9.07. The van der Waals surface area contributed by atoms with Crippen LogP contribution in [-0.2, 0) is 11.2 Å². The second-order valence-corrected chi connectivity index (χ2v) is 2.69. The van der Waals surface area contributed by atoms with Gasteiger partial charge in [-0.1, -0.05) is 12.1 Å². The number of benzene rings is 1. The molecule has 2 nitrogen and oxygen atoms in total. The SMILES string of the molecule is CC(=O)Cc1ccc(C#N)cc1. The van der Waals surface area contributed by atoms with E-state index in [1.54, 1.807) is 31.2 Å². The molecule has 0 unspecified atom stereocenters. The summed E-state index contributed by atoms with van der Waals surface area (Å²) in [4.78, 5) is 10.7. The quantitative estimate of drug-likeness (QED) is 0.658. The van der Waals surface area contributed by atoms with Crippen molar-refractivity contribution < 1.29 is 4.79 Å². The lowest BCUT2D eigenvalue weighted by Gasteiger charge is -1.95. The minimum Gasteiger partial charge on any atom is -0.300 e. The molecule has 0 aromatic heterocycles. The molecule has 0 spiro atoms. The van der Waals surface area contributed by atoms with E-state index in [1.165, 1.54) is 0 Å². The summed E-state index contributed by atoms with van der Waals surface area (Å²) in [6.45, 7) is 1.55. The molecule has 0 aliphatic rings. The summed E-state index contributed by atoms with van der Waals surface area (Å²) in [5.74, 6) is 0.139. The van der Waals surface area contributed by atoms with E-state index in [0.717, 1.165) is 5.56 Å². The van der Waals surface area contributed by atoms with Crippen LogP contribution in [0.2, 0.25) is 0 Å². The average Bonchev–Trinajstić information content (AvgIpc) is 2.05. The molecule has 1 rings (SSSR count). The fraction of sp³-hybridized carbons (Fsp3) is 0.200. The van der Waals surface area contributed by atoms with Gasteiger partial charge in [0.25, 0.3) is 0 Å². The van der Waals surface area contributed by atoms with Crippen LogP contribution in [-0.4, -0.2) is 5.78 Å². The minimum atomic E-state index is 0.139. The van der Waals surface area contributed by atoms with Gasteiger partial charge in [0.05, 0.1) is 11.6 Å². The molecule has 1 aromatic rings. The predicted molar refractivity (Wildman–Crippen MR) is 45.5 cm³/mol. The van der Waals surface area contributed by atoms with Crippen LogP contribution in [0.25, 0.3) is 0 Å². The number of carbonyl (C=O) groups excluding carboxylic acids is 1. The number of hydrogen-bond donors (Lipinski definition) is 0. The Morgan fingerprint density at radius 3 is 2.42 bits per heavy atom. The van der Waals surface area contributed by atoms with Gasteiger partial charge in [0.2, 0.25) is 0 Å². The van der Waals surface area contributed by atoms with Gasteiger partial charge < -0.3 is 0 Å². The smallest absolute Gasteiger partial charge is 0.134 e. The van der Waals surface area contributed by atoms with Crippen LogP contribution in [0.5, 0.6) is 0 Å². The van der Waals surface area contributed by atoms with Crippen LogP contribution in [0.4, 0.5) is 0 Å². The minimum absolute atomic E-state index is 0.139. The standard InChI is InChI=1S/C10H9NO/c1-8(12)6-9-2-4-10(7-11)5-3-9/h2-5H,6H2,1H3. The lowest BCUT2D eigenvalue weighted by Crippen LogP contribution is -1.95. The monoisotopic (exact) mass is 159 g/mol. The van der Waals surface area contributed by atoms with E-state index in [2.05, 4.69) is 0 Å². The van der Waals surface area contributed by atoms with Gasteiger partial charge in [0.15, 0.2) is 0 Å². The van der Waals surface area contributed by atoms with Crippen LogP contribution in [0.3, 0.4) is 0 Å². The van der Waals surface area contributed by atoms with Crippen molar-refractivity contribution in [3.63, 3.8) is 0 Å². The molecule has 12 heavy (non-hydrogen) atoms. The summed E-state index contributed by atoms with van der Waals surface area (Å²) < 4.78 is 0. The molecule has 2 heteroatoms. The topological polar surface area (TPSA) is 40.9 Å². The molecule has 0 aliphatic heterocycles. The molecule has 0 N–H and O–H groups in total. The van der Waals surface area contributed by atoms with Crippen LogP contribution in [0, 0.1) is 11.3 Å². The third-order valence-electron chi connectivity index (χ3n) is 1.54. The number of nitrogens with zero attached hydrogens (tertiary/aromatic N) is 1. The maximum atomic E-state index is 10.7. The number of rotatable bonds is 2. The van der Waals surface area contributed by atoms with E-state index in [1.807, 2.05) is 6.07 Å². The molecule has 60 valence electrons. The summed E-state index contributed by atoms with van der Waals surface area (Å²) in [5.41, 5.74) is 1.59. The Kier molecular flexibility index (Phi) is 2.60. The van der Waals surface area contributed by atoms with E-state index >= 15 is 0 Å². The first-order valence-corrected chi connectivity index (χ1v) is 3.71. The molecular weight excluding hydrogens is 150 g/mol. The van der Waals surface area contributed by atoms with Gasteiger partial charge in [0.1, 0.15) is 5.78 Å². The molecule has 0 aliphatic carbocycles. The third-order valence-corrected chi connectivity index (χ3v) is 1.54. The van der Waals surface area contributed by atoms with Gasteiger partial charge in [-0.2, -0.15) is 5.26 Å². The van der Waals surface area contributed by atoms with E-state index in [-0.39, 0.29) is 5.78 Å². The summed E-state index contributed by atoms with van der Waals surface area (Å²) >= 11 is 0. The maximum Gasteiger partial charge on any atom is 0.134 e. The fourth-order valence-electron chi connectivity index (χ4n) is 0.985. The molecule has 0 atom stereocenters. The normalized spacial score (nSPS) is 9.00. The van der Waals surface area contributed by atoms with Crippen molar-refractivity contribution in [2.75, 3.05) is 0 Å². The van der Waals surface area contributed by atoms with Crippen LogP contribution >= 0.6 is 0 Å². The number of ketones is 1. The summed E-state index contributed by atoms with van der Waals surface area (Å²) in [7, 11) is 0. The van der Waals surface area contributed by atoms with Crippen molar-refractivity contribution in [3.8, 4) is 6.07 Å². The molecule has 0 saturated heterocycles. The summed E-state index contributed by atoms with van der Waals surface area (Å²) in [5, 5.41) is 8.49. The Morgan fingerprint density at radius 1 is 1.42 bits per heavy atom. The van der Waals surface area contributed by atoms with E-state index in [9.17, 15) is 4.79 Å². The molecular formula is C10H9NO. The van der Waals surface area contributed by atoms with E-state index < -0.39 is 0 Å². The molecule has 1 aromatic carbocycles. The molecule has 0 fully saturated rings. The highest BCUT2D eigenvalue weighted by Crippen LogP contribution is 2.03. The van der Waals surface area contributed by atoms with Crippen molar-refractivity contribution in [3.05, 3.63) is 35.4 Å². The molecule has 0 bridgehead atoms. The number of nitriles is 1. The van der Waals surface area contributed by atoms with Crippen molar-refractivity contribution in [1.82, 2.24) is 0 Å². The van der Waals surface area contributed by atoms with E-state index in [4.69, 9.17) is 5.26 Å². The van der Waals surface area contributed by atoms with Crippen molar-refractivity contribution in [2.45, 2.75) is 13.3 Å². The summed E-state index contributed by atoms with van der Waals surface area (Å²) in [6.07, 6.45) is 0.450. The highest BCUT2D eigenvalue weighted by Gasteiger charge is 1.96. The van der Waals surface area contributed by atoms with Gasteiger partial charge >= 0.3 is 0 Å². The first kappa shape index (κ1) is 8.48. The fourth-order valence-corrected chi connectivity index (χ4v) is 0.985. The van der Waals surface area contributed by atoms with E-state index in [0.29, 0.717) is 12.0 Å². The Labute approximate surface area is 71.4 Å². The number of hydrogen-bond acceptors (Lipinski definition) is 2. The lowest BCUT2D eigenvalue weighted by atomic mass is 10.1. The Morgan fingerprint density at radius 2 is 2.00 bits per heavy atom. The van der Waals surface area contributed by atoms with Gasteiger partial charge in [-0.05, 0) is 24.6 Å².